The van der Waals surface area contributed by atoms with Crippen LogP contribution in [0.15, 0.2) is 10.9 Å². The largest absolute Gasteiger partial charge is 0.249 e. The first-order chi connectivity index (χ1) is 3.80. The topological polar surface area (TPSA) is 38.7 Å². The van der Waals surface area contributed by atoms with Crippen LogP contribution in [0.25, 0.3) is 0 Å². The molecule has 0 N–H and O–H groups in total. The second kappa shape index (κ2) is 2.13. The number of hydrogen-bond acceptors (Lipinski definition) is 3. The van der Waals surface area contributed by atoms with Crippen LogP contribution in [0.4, 0.5) is 4.39 Å². The molecule has 0 spiro atoms. The zero-order chi connectivity index (χ0) is 5.98. The Morgan fingerprint density at radius 2 is 2.38 bits per heavy atom. The summed E-state index contributed by atoms with van der Waals surface area (Å²) in [4.78, 5) is 3.19. The monoisotopic (exact) mass is 177 g/mol. The van der Waals surface area contributed by atoms with Crippen LogP contribution in [0.5, 0.6) is 0 Å². The lowest BCUT2D eigenvalue weighted by molar-refractivity contribution is 0.557. The molecule has 3 nitrogen and oxygen atoms in total. The van der Waals surface area contributed by atoms with Crippen LogP contribution in [0.2, 0.25) is 0 Å². The standard InChI is InChI=1S/C3HBrFN3/c4-2-3(5)6-1-7-8-2/h1H. The fourth-order valence-corrected chi connectivity index (χ4v) is 0.441. The SMILES string of the molecule is Fc1ncnnc1Br. The van der Waals surface area contributed by atoms with Crippen LogP contribution in [-0.2, 0) is 0 Å². The molecule has 0 aliphatic heterocycles. The van der Waals surface area contributed by atoms with Gasteiger partial charge in [0.1, 0.15) is 6.33 Å². The Labute approximate surface area is 53.1 Å². The summed E-state index contributed by atoms with van der Waals surface area (Å²) in [7, 11) is 0. The second-order valence-corrected chi connectivity index (χ2v) is 1.79. The highest BCUT2D eigenvalue weighted by Crippen LogP contribution is 2.04. The van der Waals surface area contributed by atoms with E-state index in [1.165, 1.54) is 0 Å². The van der Waals surface area contributed by atoms with Crippen LogP contribution in [0, 0.1) is 5.95 Å². The summed E-state index contributed by atoms with van der Waals surface area (Å²) in [6.07, 6.45) is 1.04. The van der Waals surface area contributed by atoms with Crippen molar-refractivity contribution in [2.45, 2.75) is 0 Å². The van der Waals surface area contributed by atoms with Crippen LogP contribution >= 0.6 is 15.9 Å². The van der Waals surface area contributed by atoms with Gasteiger partial charge >= 0.3 is 0 Å². The van der Waals surface area contributed by atoms with Gasteiger partial charge in [0.05, 0.1) is 0 Å². The molecule has 8 heavy (non-hydrogen) atoms. The third-order valence-corrected chi connectivity index (χ3v) is 1.02. The van der Waals surface area contributed by atoms with Gasteiger partial charge in [-0.1, -0.05) is 0 Å². The van der Waals surface area contributed by atoms with Crippen LogP contribution < -0.4 is 0 Å². The zero-order valence-corrected chi connectivity index (χ0v) is 5.26. The Bertz CT molecular complexity index is 171. The van der Waals surface area contributed by atoms with Gasteiger partial charge in [0.15, 0.2) is 4.60 Å². The summed E-state index contributed by atoms with van der Waals surface area (Å²) in [6, 6.07) is 0. The molecule has 5 heteroatoms. The molecule has 0 aromatic carbocycles. The normalized spacial score (nSPS) is 9.25. The summed E-state index contributed by atoms with van der Waals surface area (Å²) in [6.45, 7) is 0. The van der Waals surface area contributed by atoms with E-state index in [0.717, 1.165) is 6.33 Å². The lowest BCUT2D eigenvalue weighted by Crippen LogP contribution is -1.89. The van der Waals surface area contributed by atoms with E-state index in [0.29, 0.717) is 0 Å². The maximum Gasteiger partial charge on any atom is 0.249 e. The summed E-state index contributed by atoms with van der Waals surface area (Å²) < 4.78 is 12.1. The van der Waals surface area contributed by atoms with Gasteiger partial charge in [-0.25, -0.2) is 4.98 Å². The minimum atomic E-state index is -0.639. The minimum absolute atomic E-state index is 0.0417. The molecule has 42 valence electrons. The van der Waals surface area contributed by atoms with Gasteiger partial charge in [-0.3, -0.25) is 0 Å². The maximum atomic E-state index is 12.1. The quantitative estimate of drug-likeness (QED) is 0.588. The fraction of sp³-hybridized carbons (Fsp3) is 0. The van der Waals surface area contributed by atoms with E-state index >= 15 is 0 Å². The zero-order valence-electron chi connectivity index (χ0n) is 3.67. The van der Waals surface area contributed by atoms with E-state index in [4.69, 9.17) is 0 Å². The molecular weight excluding hydrogens is 177 g/mol. The summed E-state index contributed by atoms with van der Waals surface area (Å²) in [5.41, 5.74) is 0. The Kier molecular flexibility index (Phi) is 1.48. The van der Waals surface area contributed by atoms with E-state index in [1.54, 1.807) is 0 Å². The fourth-order valence-electron chi connectivity index (χ4n) is 0.248. The maximum absolute atomic E-state index is 12.1. The average Bonchev–Trinajstić information content (AvgIpc) is 1.77. The highest BCUT2D eigenvalue weighted by molar-refractivity contribution is 9.10. The number of nitrogens with zero attached hydrogens (tertiary/aromatic N) is 3. The van der Waals surface area contributed by atoms with E-state index < -0.39 is 5.95 Å². The molecule has 0 aliphatic rings. The molecule has 1 aromatic rings. The summed E-state index contributed by atoms with van der Waals surface area (Å²) >= 11 is 2.78. The minimum Gasteiger partial charge on any atom is -0.204 e. The molecule has 1 aromatic heterocycles. The molecule has 1 rings (SSSR count). The highest BCUT2D eigenvalue weighted by atomic mass is 79.9. The van der Waals surface area contributed by atoms with Gasteiger partial charge in [-0.15, -0.1) is 10.2 Å². The van der Waals surface area contributed by atoms with Crippen molar-refractivity contribution < 1.29 is 4.39 Å². The predicted octanol–water partition coefficient (Wildman–Crippen LogP) is 0.773. The van der Waals surface area contributed by atoms with Gasteiger partial charge in [-0.2, -0.15) is 4.39 Å². The van der Waals surface area contributed by atoms with Crippen molar-refractivity contribution in [1.29, 1.82) is 0 Å². The first kappa shape index (κ1) is 5.55. The third-order valence-electron chi connectivity index (χ3n) is 0.538. The highest BCUT2D eigenvalue weighted by Gasteiger charge is 1.96. The van der Waals surface area contributed by atoms with Crippen molar-refractivity contribution in [1.82, 2.24) is 15.2 Å². The van der Waals surface area contributed by atoms with Gasteiger partial charge in [-0.05, 0) is 15.9 Å². The van der Waals surface area contributed by atoms with E-state index in [2.05, 4.69) is 31.1 Å². The van der Waals surface area contributed by atoms with Crippen molar-refractivity contribution in [3.8, 4) is 0 Å². The second-order valence-electron chi connectivity index (χ2n) is 1.04. The van der Waals surface area contributed by atoms with Gasteiger partial charge in [0, 0.05) is 0 Å². The van der Waals surface area contributed by atoms with Crippen molar-refractivity contribution >= 4 is 15.9 Å². The van der Waals surface area contributed by atoms with Gasteiger partial charge < -0.3 is 0 Å². The first-order valence-electron chi connectivity index (χ1n) is 1.79. The number of hydrogen-bond donors (Lipinski definition) is 0. The molecule has 0 amide bonds. The number of aromatic nitrogens is 3. The third kappa shape index (κ3) is 0.975. The van der Waals surface area contributed by atoms with Crippen molar-refractivity contribution in [2.24, 2.45) is 0 Å². The molecule has 0 bridgehead atoms. The molecule has 0 radical (unpaired) electrons. The van der Waals surface area contributed by atoms with Crippen molar-refractivity contribution in [3.63, 3.8) is 0 Å². The lowest BCUT2D eigenvalue weighted by Gasteiger charge is -1.84. The Hall–Kier alpha value is -0.580. The number of rotatable bonds is 0. The Morgan fingerprint density at radius 1 is 1.62 bits per heavy atom. The lowest BCUT2D eigenvalue weighted by atomic mass is 10.9. The van der Waals surface area contributed by atoms with E-state index in [1.807, 2.05) is 0 Å². The van der Waals surface area contributed by atoms with Crippen molar-refractivity contribution in [3.05, 3.63) is 16.9 Å². The van der Waals surface area contributed by atoms with Crippen molar-refractivity contribution in [2.75, 3.05) is 0 Å². The number of halogens is 2. The van der Waals surface area contributed by atoms with E-state index in [-0.39, 0.29) is 4.60 Å². The average molecular weight is 178 g/mol. The van der Waals surface area contributed by atoms with E-state index in [9.17, 15) is 4.39 Å². The molecule has 0 fully saturated rings. The Balaban J connectivity index is 3.13. The molecule has 1 heterocycles. The molecular formula is C3HBrFN3. The molecule has 0 atom stereocenters. The smallest absolute Gasteiger partial charge is 0.204 e. The van der Waals surface area contributed by atoms with Crippen LogP contribution in [-0.4, -0.2) is 15.2 Å². The predicted molar refractivity (Wildman–Crippen MR) is 27.5 cm³/mol. The summed E-state index contributed by atoms with van der Waals surface area (Å²) in [5, 5.41) is 6.60. The van der Waals surface area contributed by atoms with Gasteiger partial charge in [0.25, 0.3) is 0 Å². The van der Waals surface area contributed by atoms with Crippen LogP contribution in [0.1, 0.15) is 0 Å². The Morgan fingerprint density at radius 3 is 2.75 bits per heavy atom. The van der Waals surface area contributed by atoms with Gasteiger partial charge in [0.2, 0.25) is 5.95 Å². The van der Waals surface area contributed by atoms with Crippen LogP contribution in [0.3, 0.4) is 0 Å². The first-order valence-corrected chi connectivity index (χ1v) is 2.58. The molecule has 0 saturated carbocycles. The molecule has 0 unspecified atom stereocenters. The summed E-state index contributed by atoms with van der Waals surface area (Å²) in [5.74, 6) is -0.639. The molecule has 0 aliphatic carbocycles. The molecule has 0 saturated heterocycles.